The van der Waals surface area contributed by atoms with Gasteiger partial charge in [-0.05, 0) is 0 Å². The second-order valence-corrected chi connectivity index (χ2v) is 3.61. The van der Waals surface area contributed by atoms with Crippen molar-refractivity contribution < 1.29 is 4.74 Å². The Morgan fingerprint density at radius 3 is 2.58 bits per heavy atom. The summed E-state index contributed by atoms with van der Waals surface area (Å²) in [5.74, 6) is 2.69. The van der Waals surface area contributed by atoms with Gasteiger partial charge in [0.1, 0.15) is 0 Å². The van der Waals surface area contributed by atoms with Gasteiger partial charge in [-0.3, -0.25) is 0 Å². The van der Waals surface area contributed by atoms with Crippen molar-refractivity contribution >= 4 is 5.90 Å². The highest BCUT2D eigenvalue weighted by molar-refractivity contribution is 5.84. The molecule has 0 aromatic heterocycles. The average molecular weight is 161 g/mol. The van der Waals surface area contributed by atoms with Crippen LogP contribution in [0.5, 0.6) is 0 Å². The van der Waals surface area contributed by atoms with Gasteiger partial charge in [0.05, 0.1) is 19.1 Å². The van der Waals surface area contributed by atoms with Gasteiger partial charge in [0.2, 0.25) is 0 Å². The second kappa shape index (κ2) is 2.00. The largest absolute Gasteiger partial charge is 0.484 e. The predicted molar refractivity (Wildman–Crippen MR) is 47.0 cm³/mol. The van der Waals surface area contributed by atoms with Crippen LogP contribution in [0.15, 0.2) is 29.3 Å². The summed E-state index contributed by atoms with van der Waals surface area (Å²) in [5.41, 5.74) is 0. The number of nitrogens with zero attached hydrogens (tertiary/aromatic N) is 1. The van der Waals surface area contributed by atoms with E-state index in [9.17, 15) is 0 Å². The van der Waals surface area contributed by atoms with E-state index < -0.39 is 0 Å². The maximum Gasteiger partial charge on any atom is 0.191 e. The smallest absolute Gasteiger partial charge is 0.191 e. The van der Waals surface area contributed by atoms with Crippen molar-refractivity contribution in [1.82, 2.24) is 0 Å². The van der Waals surface area contributed by atoms with E-state index in [0.29, 0.717) is 23.8 Å². The molecule has 4 aliphatic rings. The molecule has 0 aromatic rings. The lowest BCUT2D eigenvalue weighted by atomic mass is 9.65. The second-order valence-electron chi connectivity index (χ2n) is 3.61. The Morgan fingerprint density at radius 1 is 1.17 bits per heavy atom. The van der Waals surface area contributed by atoms with Gasteiger partial charge in [-0.15, -0.1) is 0 Å². The van der Waals surface area contributed by atoms with E-state index in [1.54, 1.807) is 7.11 Å². The number of ether oxygens (including phenoxy) is 1. The maximum absolute atomic E-state index is 5.24. The summed E-state index contributed by atoms with van der Waals surface area (Å²) >= 11 is 0. The molecule has 62 valence electrons. The minimum absolute atomic E-state index is 0.361. The molecule has 4 rings (SSSR count). The third-order valence-electron chi connectivity index (χ3n) is 3.10. The molecule has 2 aliphatic heterocycles. The third-order valence-corrected chi connectivity index (χ3v) is 3.10. The molecular formula is C10H11NO. The van der Waals surface area contributed by atoms with Crippen molar-refractivity contribution in [2.24, 2.45) is 22.7 Å². The number of methoxy groups -OCH3 is 1. The molecule has 0 spiro atoms. The molecule has 2 heteroatoms. The van der Waals surface area contributed by atoms with Gasteiger partial charge in [-0.25, -0.2) is 4.99 Å². The van der Waals surface area contributed by atoms with Crippen LogP contribution in [0.2, 0.25) is 0 Å². The molecule has 2 bridgehead atoms. The molecule has 2 aliphatic carbocycles. The summed E-state index contributed by atoms with van der Waals surface area (Å²) in [7, 11) is 1.71. The van der Waals surface area contributed by atoms with E-state index in [-0.39, 0.29) is 0 Å². The van der Waals surface area contributed by atoms with Crippen LogP contribution in [-0.2, 0) is 4.74 Å². The van der Waals surface area contributed by atoms with E-state index in [0.717, 1.165) is 5.90 Å². The van der Waals surface area contributed by atoms with E-state index in [4.69, 9.17) is 4.74 Å². The first-order valence-corrected chi connectivity index (χ1v) is 4.38. The predicted octanol–water partition coefficient (Wildman–Crippen LogP) is 1.40. The first kappa shape index (κ1) is 6.46. The zero-order valence-electron chi connectivity index (χ0n) is 6.97. The van der Waals surface area contributed by atoms with E-state index >= 15 is 0 Å². The van der Waals surface area contributed by atoms with Crippen molar-refractivity contribution in [2.45, 2.75) is 6.04 Å². The van der Waals surface area contributed by atoms with Crippen LogP contribution in [0.25, 0.3) is 0 Å². The molecule has 2 heterocycles. The van der Waals surface area contributed by atoms with Crippen molar-refractivity contribution in [1.29, 1.82) is 0 Å². The molecule has 0 aromatic carbocycles. The molecule has 0 saturated carbocycles. The highest BCUT2D eigenvalue weighted by Gasteiger charge is 2.44. The van der Waals surface area contributed by atoms with Gasteiger partial charge in [0.15, 0.2) is 5.90 Å². The fourth-order valence-electron chi connectivity index (χ4n) is 2.36. The number of hydrogen-bond acceptors (Lipinski definition) is 2. The topological polar surface area (TPSA) is 21.6 Å². The number of dihydropyridines is 1. The summed E-state index contributed by atoms with van der Waals surface area (Å²) in [6, 6.07) is 0.361. The van der Waals surface area contributed by atoms with Crippen LogP contribution >= 0.6 is 0 Å². The summed E-state index contributed by atoms with van der Waals surface area (Å²) in [4.78, 5) is 4.51. The van der Waals surface area contributed by atoms with Gasteiger partial charge in [0, 0.05) is 11.8 Å². The quantitative estimate of drug-likeness (QED) is 0.492. The monoisotopic (exact) mass is 161 g/mol. The SMILES string of the molecule is COC1=NC2C=CC1C1C=CC21. The fourth-order valence-corrected chi connectivity index (χ4v) is 2.36. The Morgan fingerprint density at radius 2 is 2.00 bits per heavy atom. The highest BCUT2D eigenvalue weighted by atomic mass is 16.5. The summed E-state index contributed by atoms with van der Waals surface area (Å²) in [5, 5.41) is 0. The molecule has 0 radical (unpaired) electrons. The zero-order valence-corrected chi connectivity index (χ0v) is 6.97. The van der Waals surface area contributed by atoms with Crippen molar-refractivity contribution in [3.63, 3.8) is 0 Å². The highest BCUT2D eigenvalue weighted by Crippen LogP contribution is 2.44. The van der Waals surface area contributed by atoms with Crippen LogP contribution < -0.4 is 0 Å². The number of allylic oxidation sites excluding steroid dienone is 1. The Labute approximate surface area is 71.6 Å². The van der Waals surface area contributed by atoms with Crippen LogP contribution in [0, 0.1) is 17.8 Å². The lowest BCUT2D eigenvalue weighted by molar-refractivity contribution is 0.261. The summed E-state index contributed by atoms with van der Waals surface area (Å²) < 4.78 is 5.24. The van der Waals surface area contributed by atoms with Crippen LogP contribution in [-0.4, -0.2) is 19.0 Å². The summed E-state index contributed by atoms with van der Waals surface area (Å²) in [6.07, 6.45) is 8.99. The molecule has 0 N–H and O–H groups in total. The van der Waals surface area contributed by atoms with Gasteiger partial charge in [-0.2, -0.15) is 0 Å². The standard InChI is InChI=1S/C10H11NO/c1-12-10-8-4-5-9(11-10)7-3-2-6(7)8/h2-9H,1H3. The van der Waals surface area contributed by atoms with Crippen molar-refractivity contribution in [3.05, 3.63) is 24.3 Å². The molecule has 4 atom stereocenters. The molecule has 12 heavy (non-hydrogen) atoms. The normalized spacial score (nSPS) is 46.6. The van der Waals surface area contributed by atoms with Gasteiger partial charge >= 0.3 is 0 Å². The first-order valence-electron chi connectivity index (χ1n) is 4.38. The molecule has 0 saturated heterocycles. The lowest BCUT2D eigenvalue weighted by Gasteiger charge is -2.44. The molecule has 4 unspecified atom stereocenters. The van der Waals surface area contributed by atoms with Crippen molar-refractivity contribution in [3.8, 4) is 0 Å². The minimum atomic E-state index is 0.361. The third kappa shape index (κ3) is 0.591. The molecule has 2 nitrogen and oxygen atoms in total. The average Bonchev–Trinajstić information content (AvgIpc) is 2.04. The zero-order chi connectivity index (χ0) is 8.13. The molecule has 0 amide bonds. The van der Waals surface area contributed by atoms with Gasteiger partial charge in [0.25, 0.3) is 0 Å². The van der Waals surface area contributed by atoms with Crippen molar-refractivity contribution in [2.75, 3.05) is 7.11 Å². The summed E-state index contributed by atoms with van der Waals surface area (Å²) in [6.45, 7) is 0. The number of rotatable bonds is 0. The molecular weight excluding hydrogens is 150 g/mol. The van der Waals surface area contributed by atoms with Gasteiger partial charge in [-0.1, -0.05) is 24.3 Å². The van der Waals surface area contributed by atoms with E-state index in [2.05, 4.69) is 29.3 Å². The first-order chi connectivity index (χ1) is 5.90. The van der Waals surface area contributed by atoms with Crippen LogP contribution in [0.1, 0.15) is 0 Å². The van der Waals surface area contributed by atoms with Gasteiger partial charge < -0.3 is 4.74 Å². The Bertz CT molecular complexity index is 303. The number of hydrogen-bond donors (Lipinski definition) is 0. The van der Waals surface area contributed by atoms with Crippen LogP contribution in [0.4, 0.5) is 0 Å². The Hall–Kier alpha value is -1.05. The Kier molecular flexibility index (Phi) is 1.08. The minimum Gasteiger partial charge on any atom is -0.484 e. The lowest BCUT2D eigenvalue weighted by Crippen LogP contribution is -2.45. The maximum atomic E-state index is 5.24. The molecule has 0 fully saturated rings. The van der Waals surface area contributed by atoms with Crippen LogP contribution in [0.3, 0.4) is 0 Å². The van der Waals surface area contributed by atoms with E-state index in [1.807, 2.05) is 0 Å². The number of aliphatic imine (C=N–C) groups is 1. The Balaban J connectivity index is 2.03. The van der Waals surface area contributed by atoms with E-state index in [1.165, 1.54) is 0 Å². The fraction of sp³-hybridized carbons (Fsp3) is 0.500.